The zero-order valence-electron chi connectivity index (χ0n) is 9.91. The SMILES string of the molecule is COc1cc(Br)c(F)cc1S(=O)(=O)N[C@@H](C)CN. The summed E-state index contributed by atoms with van der Waals surface area (Å²) in [7, 11) is -2.56. The van der Waals surface area contributed by atoms with Crippen LogP contribution >= 0.6 is 15.9 Å². The summed E-state index contributed by atoms with van der Waals surface area (Å²) in [6.07, 6.45) is 0. The van der Waals surface area contributed by atoms with E-state index in [4.69, 9.17) is 10.5 Å². The Hall–Kier alpha value is -0.700. The van der Waals surface area contributed by atoms with Crippen molar-refractivity contribution in [1.29, 1.82) is 0 Å². The summed E-state index contributed by atoms with van der Waals surface area (Å²) in [5, 5.41) is 0. The van der Waals surface area contributed by atoms with Crippen LogP contribution in [-0.4, -0.2) is 28.1 Å². The van der Waals surface area contributed by atoms with Crippen molar-refractivity contribution in [3.05, 3.63) is 22.4 Å². The van der Waals surface area contributed by atoms with Crippen molar-refractivity contribution in [2.45, 2.75) is 17.9 Å². The molecule has 1 rings (SSSR count). The molecule has 0 heterocycles. The second kappa shape index (κ2) is 5.96. The molecule has 0 aromatic heterocycles. The minimum absolute atomic E-state index is 0.0556. The monoisotopic (exact) mass is 340 g/mol. The van der Waals surface area contributed by atoms with E-state index < -0.39 is 21.9 Å². The summed E-state index contributed by atoms with van der Waals surface area (Å²) in [6.45, 7) is 1.75. The molecular weight excluding hydrogens is 327 g/mol. The van der Waals surface area contributed by atoms with Crippen molar-refractivity contribution in [3.8, 4) is 5.75 Å². The number of hydrogen-bond donors (Lipinski definition) is 2. The average molecular weight is 341 g/mol. The number of sulfonamides is 1. The molecule has 3 N–H and O–H groups in total. The van der Waals surface area contributed by atoms with Gasteiger partial charge < -0.3 is 10.5 Å². The van der Waals surface area contributed by atoms with Crippen molar-refractivity contribution in [1.82, 2.24) is 4.72 Å². The van der Waals surface area contributed by atoms with Crippen molar-refractivity contribution in [2.75, 3.05) is 13.7 Å². The van der Waals surface area contributed by atoms with Gasteiger partial charge >= 0.3 is 0 Å². The first-order valence-corrected chi connectivity index (χ1v) is 7.35. The van der Waals surface area contributed by atoms with Gasteiger partial charge in [0.15, 0.2) is 0 Å². The number of ether oxygens (including phenoxy) is 1. The van der Waals surface area contributed by atoms with E-state index >= 15 is 0 Å². The van der Waals surface area contributed by atoms with E-state index in [1.165, 1.54) is 13.2 Å². The highest BCUT2D eigenvalue weighted by atomic mass is 79.9. The molecule has 0 aliphatic heterocycles. The third kappa shape index (κ3) is 3.41. The van der Waals surface area contributed by atoms with Crippen LogP contribution in [-0.2, 0) is 10.0 Å². The van der Waals surface area contributed by atoms with Crippen LogP contribution in [0.3, 0.4) is 0 Å². The molecule has 1 aromatic carbocycles. The van der Waals surface area contributed by atoms with Gasteiger partial charge in [0.1, 0.15) is 16.5 Å². The van der Waals surface area contributed by atoms with E-state index in [9.17, 15) is 12.8 Å². The second-order valence-electron chi connectivity index (χ2n) is 3.68. The van der Waals surface area contributed by atoms with Gasteiger partial charge in [-0.05, 0) is 35.0 Å². The summed E-state index contributed by atoms with van der Waals surface area (Å²) in [4.78, 5) is -0.258. The Morgan fingerprint density at radius 2 is 2.17 bits per heavy atom. The highest BCUT2D eigenvalue weighted by Crippen LogP contribution is 2.29. The molecule has 18 heavy (non-hydrogen) atoms. The predicted octanol–water partition coefficient (Wildman–Crippen LogP) is 1.22. The molecule has 0 radical (unpaired) electrons. The highest BCUT2D eigenvalue weighted by Gasteiger charge is 2.23. The summed E-state index contributed by atoms with van der Waals surface area (Å²) < 4.78 is 44.9. The Morgan fingerprint density at radius 3 is 2.67 bits per heavy atom. The van der Waals surface area contributed by atoms with Gasteiger partial charge in [0.25, 0.3) is 0 Å². The van der Waals surface area contributed by atoms with Gasteiger partial charge in [-0.2, -0.15) is 0 Å². The first kappa shape index (κ1) is 15.4. The quantitative estimate of drug-likeness (QED) is 0.844. The summed E-state index contributed by atoms with van der Waals surface area (Å²) >= 11 is 2.96. The third-order valence-corrected chi connectivity index (χ3v) is 4.42. The average Bonchev–Trinajstić information content (AvgIpc) is 2.31. The molecule has 8 heteroatoms. The van der Waals surface area contributed by atoms with Crippen LogP contribution in [0.25, 0.3) is 0 Å². The van der Waals surface area contributed by atoms with Gasteiger partial charge in [0, 0.05) is 12.6 Å². The molecule has 0 spiro atoms. The zero-order valence-corrected chi connectivity index (χ0v) is 12.3. The standard InChI is InChI=1S/C10H14BrFN2O3S/c1-6(5-13)14-18(15,16)10-4-8(12)7(11)3-9(10)17-2/h3-4,6,14H,5,13H2,1-2H3/t6-/m0/s1. The Morgan fingerprint density at radius 1 is 1.56 bits per heavy atom. The van der Waals surface area contributed by atoms with Crippen LogP contribution in [0.4, 0.5) is 4.39 Å². The second-order valence-corrected chi connectivity index (χ2v) is 6.21. The number of nitrogens with two attached hydrogens (primary N) is 1. The van der Waals surface area contributed by atoms with Gasteiger partial charge in [-0.25, -0.2) is 17.5 Å². The molecular formula is C10H14BrFN2O3S. The molecule has 0 amide bonds. The maximum absolute atomic E-state index is 13.4. The van der Waals surface area contributed by atoms with Gasteiger partial charge in [0.05, 0.1) is 11.6 Å². The van der Waals surface area contributed by atoms with E-state index in [0.29, 0.717) is 0 Å². The van der Waals surface area contributed by atoms with Crippen LogP contribution in [0.15, 0.2) is 21.5 Å². The lowest BCUT2D eigenvalue weighted by atomic mass is 10.3. The lowest BCUT2D eigenvalue weighted by Crippen LogP contribution is -2.37. The van der Waals surface area contributed by atoms with Crippen molar-refractivity contribution < 1.29 is 17.5 Å². The van der Waals surface area contributed by atoms with Crippen LogP contribution in [0.5, 0.6) is 5.75 Å². The topological polar surface area (TPSA) is 81.4 Å². The summed E-state index contributed by atoms with van der Waals surface area (Å²) in [5.74, 6) is -0.628. The van der Waals surface area contributed by atoms with E-state index in [-0.39, 0.29) is 21.7 Å². The molecule has 0 aliphatic carbocycles. The smallest absolute Gasteiger partial charge is 0.244 e. The van der Waals surface area contributed by atoms with E-state index in [1.54, 1.807) is 6.92 Å². The van der Waals surface area contributed by atoms with Gasteiger partial charge in [-0.15, -0.1) is 0 Å². The molecule has 0 saturated carbocycles. The van der Waals surface area contributed by atoms with E-state index in [2.05, 4.69) is 20.7 Å². The number of halogens is 2. The van der Waals surface area contributed by atoms with Gasteiger partial charge in [-0.1, -0.05) is 0 Å². The molecule has 0 bridgehead atoms. The maximum atomic E-state index is 13.4. The first-order valence-electron chi connectivity index (χ1n) is 5.07. The maximum Gasteiger partial charge on any atom is 0.244 e. The zero-order chi connectivity index (χ0) is 13.9. The number of methoxy groups -OCH3 is 1. The fourth-order valence-corrected chi connectivity index (χ4v) is 3.00. The van der Waals surface area contributed by atoms with Crippen molar-refractivity contribution in [2.24, 2.45) is 5.73 Å². The van der Waals surface area contributed by atoms with Gasteiger partial charge in [0.2, 0.25) is 10.0 Å². The Bertz CT molecular complexity index is 536. The molecule has 1 aromatic rings. The molecule has 5 nitrogen and oxygen atoms in total. The minimum Gasteiger partial charge on any atom is -0.495 e. The van der Waals surface area contributed by atoms with Gasteiger partial charge in [-0.3, -0.25) is 0 Å². The summed E-state index contributed by atoms with van der Waals surface area (Å²) in [6, 6.07) is 1.71. The van der Waals surface area contributed by atoms with Crippen molar-refractivity contribution in [3.63, 3.8) is 0 Å². The van der Waals surface area contributed by atoms with E-state index in [0.717, 1.165) is 6.07 Å². The molecule has 102 valence electrons. The highest BCUT2D eigenvalue weighted by molar-refractivity contribution is 9.10. The Labute approximate surface area is 114 Å². The fraction of sp³-hybridized carbons (Fsp3) is 0.400. The number of rotatable bonds is 5. The van der Waals surface area contributed by atoms with Crippen LogP contribution in [0, 0.1) is 5.82 Å². The molecule has 0 fully saturated rings. The Balaban J connectivity index is 3.27. The molecule has 0 unspecified atom stereocenters. The van der Waals surface area contributed by atoms with Crippen LogP contribution < -0.4 is 15.2 Å². The largest absolute Gasteiger partial charge is 0.495 e. The lowest BCUT2D eigenvalue weighted by Gasteiger charge is -2.14. The third-order valence-electron chi connectivity index (χ3n) is 2.21. The fourth-order valence-electron chi connectivity index (χ4n) is 1.26. The molecule has 0 saturated heterocycles. The number of hydrogen-bond acceptors (Lipinski definition) is 4. The normalized spacial score (nSPS) is 13.4. The van der Waals surface area contributed by atoms with Crippen LogP contribution in [0.1, 0.15) is 6.92 Å². The minimum atomic E-state index is -3.87. The lowest BCUT2D eigenvalue weighted by molar-refractivity contribution is 0.399. The van der Waals surface area contributed by atoms with E-state index in [1.807, 2.05) is 0 Å². The Kier molecular flexibility index (Phi) is 5.09. The molecule has 0 aliphatic rings. The number of benzene rings is 1. The number of nitrogens with one attached hydrogen (secondary N) is 1. The summed E-state index contributed by atoms with van der Waals surface area (Å²) in [5.41, 5.74) is 5.34. The van der Waals surface area contributed by atoms with Crippen LogP contribution in [0.2, 0.25) is 0 Å². The first-order chi connectivity index (χ1) is 8.31. The van der Waals surface area contributed by atoms with Crippen molar-refractivity contribution >= 4 is 26.0 Å². The molecule has 1 atom stereocenters. The predicted molar refractivity (Wildman–Crippen MR) is 69.5 cm³/mol.